The maximum atomic E-state index is 6.52. The summed E-state index contributed by atoms with van der Waals surface area (Å²) < 4.78 is 6.52. The van der Waals surface area contributed by atoms with Crippen LogP contribution >= 0.6 is 0 Å². The molecule has 0 fully saturated rings. The minimum Gasteiger partial charge on any atom is -0.456 e. The van der Waals surface area contributed by atoms with Gasteiger partial charge in [-0.3, -0.25) is 0 Å². The average molecular weight is 706 g/mol. The lowest BCUT2D eigenvalue weighted by molar-refractivity contribution is 0.590. The van der Waals surface area contributed by atoms with Gasteiger partial charge in [0, 0.05) is 16.6 Å². The molecule has 1 heterocycles. The summed E-state index contributed by atoms with van der Waals surface area (Å²) in [5.74, 6) is 0. The number of hydrogen-bond acceptors (Lipinski definition) is 2. The molecule has 0 aliphatic heterocycles. The molecular formula is C53H39NO. The van der Waals surface area contributed by atoms with Gasteiger partial charge in [-0.1, -0.05) is 166 Å². The molecule has 1 aromatic heterocycles. The van der Waals surface area contributed by atoms with Crippen LogP contribution in [-0.4, -0.2) is 0 Å². The SMILES string of the molecule is CC(C)(C)c1ccc(-c2ccccc2N(c2ccc3c(c2)C2(c4ccccc4-c4ccccc42)c2ccccc2-3)c2cccc3oc4ccccc4c23)cc1. The fraction of sp³-hybridized carbons (Fsp3) is 0.0943. The van der Waals surface area contributed by atoms with Crippen molar-refractivity contribution in [3.05, 3.63) is 210 Å². The number of fused-ring (bicyclic) bond motifs is 13. The highest BCUT2D eigenvalue weighted by Gasteiger charge is 2.51. The van der Waals surface area contributed by atoms with Crippen LogP contribution in [0.25, 0.3) is 55.3 Å². The van der Waals surface area contributed by atoms with Gasteiger partial charge in [-0.05, 0) is 97.4 Å². The largest absolute Gasteiger partial charge is 0.456 e. The standard InChI is InChI=1S/C53H39NO/c1-52(2,3)35-29-27-34(28-30-35)37-15-7-12-23-47(37)54(48-24-14-26-50-51(48)42-19-8-13-25-49(42)55-50)36-31-32-41-40-18-6-11-22-45(40)53(46(41)33-36)43-20-9-4-16-38(43)39-17-5-10-21-44(39)53/h4-33H,1-3H3. The van der Waals surface area contributed by atoms with Crippen LogP contribution in [0.3, 0.4) is 0 Å². The van der Waals surface area contributed by atoms with Gasteiger partial charge in [0.2, 0.25) is 0 Å². The van der Waals surface area contributed by atoms with Crippen molar-refractivity contribution in [2.24, 2.45) is 0 Å². The molecule has 0 radical (unpaired) electrons. The second-order valence-electron chi connectivity index (χ2n) is 16.0. The molecule has 0 saturated heterocycles. The molecule has 1 spiro atoms. The molecule has 11 rings (SSSR count). The Bertz CT molecular complexity index is 2910. The Labute approximate surface area is 322 Å². The van der Waals surface area contributed by atoms with Crippen molar-refractivity contribution < 1.29 is 4.42 Å². The van der Waals surface area contributed by atoms with E-state index in [0.29, 0.717) is 0 Å². The van der Waals surface area contributed by atoms with E-state index in [2.05, 4.69) is 202 Å². The first-order chi connectivity index (χ1) is 26.9. The Morgan fingerprint density at radius 1 is 0.436 bits per heavy atom. The molecule has 2 aliphatic rings. The van der Waals surface area contributed by atoms with Crippen molar-refractivity contribution in [1.29, 1.82) is 0 Å². The van der Waals surface area contributed by atoms with Crippen molar-refractivity contribution in [2.45, 2.75) is 31.6 Å². The van der Waals surface area contributed by atoms with Crippen molar-refractivity contribution in [2.75, 3.05) is 4.90 Å². The minimum absolute atomic E-state index is 0.0670. The van der Waals surface area contributed by atoms with Crippen LogP contribution in [0.1, 0.15) is 48.6 Å². The van der Waals surface area contributed by atoms with E-state index in [1.54, 1.807) is 0 Å². The van der Waals surface area contributed by atoms with E-state index in [1.807, 2.05) is 6.07 Å². The summed E-state index contributed by atoms with van der Waals surface area (Å²) in [7, 11) is 0. The van der Waals surface area contributed by atoms with E-state index < -0.39 is 5.41 Å². The van der Waals surface area contributed by atoms with Crippen LogP contribution in [-0.2, 0) is 10.8 Å². The van der Waals surface area contributed by atoms with Crippen LogP contribution in [0.4, 0.5) is 17.1 Å². The van der Waals surface area contributed by atoms with E-state index >= 15 is 0 Å². The Hall–Kier alpha value is -6.64. The van der Waals surface area contributed by atoms with Crippen LogP contribution in [0.15, 0.2) is 186 Å². The zero-order chi connectivity index (χ0) is 36.9. The van der Waals surface area contributed by atoms with Crippen molar-refractivity contribution in [3.63, 3.8) is 0 Å². The third kappa shape index (κ3) is 4.49. The second kappa shape index (κ2) is 11.7. The highest BCUT2D eigenvalue weighted by molar-refractivity contribution is 6.14. The maximum Gasteiger partial charge on any atom is 0.137 e. The van der Waals surface area contributed by atoms with Gasteiger partial charge in [0.05, 0.1) is 22.2 Å². The molecular weight excluding hydrogens is 667 g/mol. The summed E-state index contributed by atoms with van der Waals surface area (Å²) in [5.41, 5.74) is 18.9. The molecule has 262 valence electrons. The fourth-order valence-electron chi connectivity index (χ4n) is 9.63. The summed E-state index contributed by atoms with van der Waals surface area (Å²) in [6.07, 6.45) is 0. The smallest absolute Gasteiger partial charge is 0.137 e. The maximum absolute atomic E-state index is 6.52. The van der Waals surface area contributed by atoms with E-state index in [9.17, 15) is 0 Å². The van der Waals surface area contributed by atoms with E-state index in [-0.39, 0.29) is 5.41 Å². The Morgan fingerprint density at radius 3 is 1.62 bits per heavy atom. The molecule has 2 heteroatoms. The Morgan fingerprint density at radius 2 is 0.964 bits per heavy atom. The molecule has 0 saturated carbocycles. The van der Waals surface area contributed by atoms with Gasteiger partial charge in [0.25, 0.3) is 0 Å². The van der Waals surface area contributed by atoms with E-state index in [0.717, 1.165) is 39.0 Å². The van der Waals surface area contributed by atoms with Gasteiger partial charge >= 0.3 is 0 Å². The van der Waals surface area contributed by atoms with Gasteiger partial charge in [0.1, 0.15) is 11.2 Å². The first-order valence-corrected chi connectivity index (χ1v) is 19.3. The molecule has 9 aromatic rings. The molecule has 0 amide bonds. The lowest BCUT2D eigenvalue weighted by atomic mass is 9.70. The van der Waals surface area contributed by atoms with Crippen molar-refractivity contribution >= 4 is 39.0 Å². The van der Waals surface area contributed by atoms with Crippen molar-refractivity contribution in [3.8, 4) is 33.4 Å². The Kier molecular flexibility index (Phi) is 6.76. The molecule has 0 N–H and O–H groups in total. The zero-order valence-corrected chi connectivity index (χ0v) is 31.2. The number of nitrogens with zero attached hydrogens (tertiary/aromatic N) is 1. The van der Waals surface area contributed by atoms with Gasteiger partial charge in [0.15, 0.2) is 0 Å². The third-order valence-electron chi connectivity index (χ3n) is 12.1. The highest BCUT2D eigenvalue weighted by atomic mass is 16.3. The van der Waals surface area contributed by atoms with Gasteiger partial charge in [-0.2, -0.15) is 0 Å². The van der Waals surface area contributed by atoms with Crippen molar-refractivity contribution in [1.82, 2.24) is 0 Å². The van der Waals surface area contributed by atoms with Crippen LogP contribution in [0.5, 0.6) is 0 Å². The number of furan rings is 1. The number of para-hydroxylation sites is 2. The normalized spacial score (nSPS) is 13.5. The highest BCUT2D eigenvalue weighted by Crippen LogP contribution is 2.63. The van der Waals surface area contributed by atoms with Crippen LogP contribution < -0.4 is 4.90 Å². The molecule has 55 heavy (non-hydrogen) atoms. The molecule has 0 unspecified atom stereocenters. The predicted octanol–water partition coefficient (Wildman–Crippen LogP) is 14.4. The quantitative estimate of drug-likeness (QED) is 0.181. The van der Waals surface area contributed by atoms with Crippen LogP contribution in [0, 0.1) is 0 Å². The molecule has 2 aliphatic carbocycles. The monoisotopic (exact) mass is 705 g/mol. The fourth-order valence-corrected chi connectivity index (χ4v) is 9.63. The van der Waals surface area contributed by atoms with Gasteiger partial charge in [-0.15, -0.1) is 0 Å². The topological polar surface area (TPSA) is 16.4 Å². The first kappa shape index (κ1) is 31.8. The van der Waals surface area contributed by atoms with Gasteiger partial charge < -0.3 is 9.32 Å². The molecule has 0 atom stereocenters. The Balaban J connectivity index is 1.22. The summed E-state index contributed by atoms with van der Waals surface area (Å²) in [4.78, 5) is 2.47. The van der Waals surface area contributed by atoms with Crippen LogP contribution in [0.2, 0.25) is 0 Å². The van der Waals surface area contributed by atoms with Gasteiger partial charge in [-0.25, -0.2) is 0 Å². The molecule has 8 aromatic carbocycles. The average Bonchev–Trinajstić information content (AvgIpc) is 3.85. The van der Waals surface area contributed by atoms with E-state index in [1.165, 1.54) is 61.2 Å². The number of hydrogen-bond donors (Lipinski definition) is 0. The molecule has 2 nitrogen and oxygen atoms in total. The first-order valence-electron chi connectivity index (χ1n) is 19.3. The van der Waals surface area contributed by atoms with E-state index in [4.69, 9.17) is 4.42 Å². The third-order valence-corrected chi connectivity index (χ3v) is 12.1. The lowest BCUT2D eigenvalue weighted by Crippen LogP contribution is -2.26. The summed E-state index contributed by atoms with van der Waals surface area (Å²) in [6, 6.07) is 67.1. The summed E-state index contributed by atoms with van der Waals surface area (Å²) in [5, 5.41) is 2.21. The zero-order valence-electron chi connectivity index (χ0n) is 31.2. The minimum atomic E-state index is -0.447. The predicted molar refractivity (Wildman–Crippen MR) is 229 cm³/mol. The lowest BCUT2D eigenvalue weighted by Gasteiger charge is -2.33. The summed E-state index contributed by atoms with van der Waals surface area (Å²) >= 11 is 0. The second-order valence-corrected chi connectivity index (χ2v) is 16.0. The summed E-state index contributed by atoms with van der Waals surface area (Å²) in [6.45, 7) is 6.81. The number of benzene rings is 8. The molecule has 0 bridgehead atoms. The number of rotatable bonds is 4. The number of anilines is 3.